The highest BCUT2D eigenvalue weighted by Gasteiger charge is 2.14. The molecule has 0 aliphatic carbocycles. The number of halogens is 1. The Morgan fingerprint density at radius 2 is 1.83 bits per heavy atom. The third-order valence-electron chi connectivity index (χ3n) is 3.48. The highest BCUT2D eigenvalue weighted by Crippen LogP contribution is 2.22. The normalized spacial score (nSPS) is 11.3. The van der Waals surface area contributed by atoms with Gasteiger partial charge in [-0.15, -0.1) is 0 Å². The first kappa shape index (κ1) is 18.6. The van der Waals surface area contributed by atoms with Gasteiger partial charge < -0.3 is 9.47 Å². The summed E-state index contributed by atoms with van der Waals surface area (Å²) in [5, 5.41) is 0.613. The minimum Gasteiger partial charge on any atom is -0.496 e. The monoisotopic (exact) mass is 369 g/mol. The Labute approximate surface area is 147 Å². The molecule has 130 valence electrons. The fourth-order valence-electron chi connectivity index (χ4n) is 2.11. The van der Waals surface area contributed by atoms with Crippen molar-refractivity contribution in [2.75, 3.05) is 20.3 Å². The molecule has 2 rings (SSSR count). The molecule has 0 saturated heterocycles. The lowest BCUT2D eigenvalue weighted by molar-refractivity contribution is 0.323. The van der Waals surface area contributed by atoms with Crippen LogP contribution < -0.4 is 14.2 Å². The van der Waals surface area contributed by atoms with Gasteiger partial charge in [0, 0.05) is 11.6 Å². The largest absolute Gasteiger partial charge is 0.496 e. The summed E-state index contributed by atoms with van der Waals surface area (Å²) in [6.07, 6.45) is 0. The third kappa shape index (κ3) is 4.63. The number of rotatable bonds is 7. The average molecular weight is 370 g/mol. The fraction of sp³-hybridized carbons (Fsp3) is 0.294. The van der Waals surface area contributed by atoms with E-state index in [4.69, 9.17) is 21.1 Å². The summed E-state index contributed by atoms with van der Waals surface area (Å²) >= 11 is 6.02. The molecule has 2 aromatic rings. The highest BCUT2D eigenvalue weighted by molar-refractivity contribution is 7.89. The first-order valence-electron chi connectivity index (χ1n) is 7.37. The predicted molar refractivity (Wildman–Crippen MR) is 94.6 cm³/mol. The molecule has 0 unspecified atom stereocenters. The van der Waals surface area contributed by atoms with Crippen LogP contribution in [0.15, 0.2) is 41.3 Å². The Balaban J connectivity index is 1.93. The van der Waals surface area contributed by atoms with Crippen LogP contribution in [0.2, 0.25) is 5.02 Å². The van der Waals surface area contributed by atoms with Crippen LogP contribution in [0.1, 0.15) is 11.1 Å². The molecule has 0 fully saturated rings. The Hall–Kier alpha value is -1.76. The number of nitrogens with one attached hydrogen (secondary N) is 1. The van der Waals surface area contributed by atoms with Gasteiger partial charge in [-0.05, 0) is 55.3 Å². The second-order valence-corrected chi connectivity index (χ2v) is 7.46. The molecule has 0 aliphatic heterocycles. The summed E-state index contributed by atoms with van der Waals surface area (Å²) in [5.41, 5.74) is 1.71. The topological polar surface area (TPSA) is 64.6 Å². The van der Waals surface area contributed by atoms with E-state index in [1.54, 1.807) is 38.3 Å². The van der Waals surface area contributed by atoms with Gasteiger partial charge in [-0.25, -0.2) is 13.1 Å². The molecule has 1 N–H and O–H groups in total. The first-order valence-corrected chi connectivity index (χ1v) is 9.23. The van der Waals surface area contributed by atoms with Crippen molar-refractivity contribution in [2.24, 2.45) is 0 Å². The molecule has 0 spiro atoms. The van der Waals surface area contributed by atoms with Crippen molar-refractivity contribution in [3.05, 3.63) is 52.5 Å². The summed E-state index contributed by atoms with van der Waals surface area (Å²) in [7, 11) is -2.04. The molecule has 7 heteroatoms. The number of hydrogen-bond acceptors (Lipinski definition) is 4. The summed E-state index contributed by atoms with van der Waals surface area (Å²) in [6, 6.07) is 10.1. The van der Waals surface area contributed by atoms with Crippen molar-refractivity contribution in [1.29, 1.82) is 0 Å². The van der Waals surface area contributed by atoms with E-state index in [0.717, 1.165) is 11.1 Å². The number of hydrogen-bond donors (Lipinski definition) is 1. The van der Waals surface area contributed by atoms with Gasteiger partial charge in [0.15, 0.2) is 0 Å². The number of sulfonamides is 1. The summed E-state index contributed by atoms with van der Waals surface area (Å²) in [4.78, 5) is 0.194. The van der Waals surface area contributed by atoms with Crippen molar-refractivity contribution < 1.29 is 17.9 Å². The van der Waals surface area contributed by atoms with Gasteiger partial charge in [0.1, 0.15) is 18.1 Å². The van der Waals surface area contributed by atoms with E-state index in [-0.39, 0.29) is 18.0 Å². The summed E-state index contributed by atoms with van der Waals surface area (Å²) in [5.74, 6) is 1.25. The van der Waals surface area contributed by atoms with E-state index in [1.165, 1.54) is 6.07 Å². The maximum Gasteiger partial charge on any atom is 0.240 e. The molecule has 5 nitrogen and oxygen atoms in total. The van der Waals surface area contributed by atoms with Crippen LogP contribution in [0.5, 0.6) is 11.5 Å². The molecule has 0 amide bonds. The lowest BCUT2D eigenvalue weighted by atomic mass is 10.2. The lowest BCUT2D eigenvalue weighted by Gasteiger charge is -2.11. The molecule has 0 atom stereocenters. The number of methoxy groups -OCH3 is 1. The van der Waals surface area contributed by atoms with Crippen molar-refractivity contribution >= 4 is 21.6 Å². The van der Waals surface area contributed by atoms with Crippen LogP contribution >= 0.6 is 11.6 Å². The second-order valence-electron chi connectivity index (χ2n) is 5.29. The van der Waals surface area contributed by atoms with Crippen LogP contribution in [-0.2, 0) is 10.0 Å². The van der Waals surface area contributed by atoms with Gasteiger partial charge >= 0.3 is 0 Å². The van der Waals surface area contributed by atoms with Gasteiger partial charge in [-0.1, -0.05) is 17.7 Å². The Morgan fingerprint density at radius 3 is 2.46 bits per heavy atom. The van der Waals surface area contributed by atoms with E-state index in [9.17, 15) is 8.42 Å². The maximum atomic E-state index is 12.3. The Kier molecular flexibility index (Phi) is 6.10. The van der Waals surface area contributed by atoms with E-state index >= 15 is 0 Å². The predicted octanol–water partition coefficient (Wildman–Crippen LogP) is 3.32. The minimum atomic E-state index is -3.59. The molecule has 0 saturated carbocycles. The van der Waals surface area contributed by atoms with Crippen molar-refractivity contribution in [1.82, 2.24) is 4.72 Å². The quantitative estimate of drug-likeness (QED) is 0.760. The number of ether oxygens (including phenoxy) is 2. The van der Waals surface area contributed by atoms with Crippen LogP contribution in [0, 0.1) is 13.8 Å². The molecule has 2 aromatic carbocycles. The van der Waals surface area contributed by atoms with Crippen molar-refractivity contribution in [3.63, 3.8) is 0 Å². The minimum absolute atomic E-state index is 0.152. The Bertz CT molecular complexity index is 821. The van der Waals surface area contributed by atoms with Gasteiger partial charge in [0.2, 0.25) is 10.0 Å². The van der Waals surface area contributed by atoms with E-state index in [1.807, 2.05) is 13.0 Å². The van der Waals surface area contributed by atoms with E-state index in [0.29, 0.717) is 16.5 Å². The number of aryl methyl sites for hydroxylation is 2. The molecule has 0 aromatic heterocycles. The first-order chi connectivity index (χ1) is 11.3. The Morgan fingerprint density at radius 1 is 1.08 bits per heavy atom. The summed E-state index contributed by atoms with van der Waals surface area (Å²) < 4.78 is 37.7. The third-order valence-corrected chi connectivity index (χ3v) is 5.35. The van der Waals surface area contributed by atoms with Crippen LogP contribution in [-0.4, -0.2) is 28.7 Å². The second kappa shape index (κ2) is 7.88. The molecule has 0 heterocycles. The average Bonchev–Trinajstić information content (AvgIpc) is 2.54. The van der Waals surface area contributed by atoms with E-state index in [2.05, 4.69) is 4.72 Å². The van der Waals surface area contributed by atoms with Gasteiger partial charge in [-0.2, -0.15) is 0 Å². The molecular weight excluding hydrogens is 350 g/mol. The summed E-state index contributed by atoms with van der Waals surface area (Å²) in [6.45, 7) is 4.05. The van der Waals surface area contributed by atoms with Crippen LogP contribution in [0.4, 0.5) is 0 Å². The highest BCUT2D eigenvalue weighted by atomic mass is 35.5. The SMILES string of the molecule is COc1ccc(S(=O)(=O)NCCOc2ccc(C)c(Cl)c2)cc1C. The molecular formula is C17H20ClNO4S. The van der Waals surface area contributed by atoms with E-state index < -0.39 is 10.0 Å². The number of benzene rings is 2. The molecule has 0 aliphatic rings. The van der Waals surface area contributed by atoms with Gasteiger partial charge in [0.05, 0.1) is 12.0 Å². The molecule has 0 radical (unpaired) electrons. The van der Waals surface area contributed by atoms with Crippen molar-refractivity contribution in [3.8, 4) is 11.5 Å². The molecule has 24 heavy (non-hydrogen) atoms. The maximum absolute atomic E-state index is 12.3. The van der Waals surface area contributed by atoms with Crippen LogP contribution in [0.3, 0.4) is 0 Å². The standard InChI is InChI=1S/C17H20ClNO4S/c1-12-4-5-14(11-16(12)18)23-9-8-19-24(20,21)15-6-7-17(22-3)13(2)10-15/h4-7,10-11,19H,8-9H2,1-3H3. The lowest BCUT2D eigenvalue weighted by Crippen LogP contribution is -2.28. The molecule has 0 bridgehead atoms. The zero-order valence-corrected chi connectivity index (χ0v) is 15.4. The fourth-order valence-corrected chi connectivity index (χ4v) is 3.38. The zero-order valence-electron chi connectivity index (χ0n) is 13.8. The zero-order chi connectivity index (χ0) is 17.7. The van der Waals surface area contributed by atoms with Gasteiger partial charge in [-0.3, -0.25) is 0 Å². The van der Waals surface area contributed by atoms with Gasteiger partial charge in [0.25, 0.3) is 0 Å². The van der Waals surface area contributed by atoms with Crippen LogP contribution in [0.25, 0.3) is 0 Å². The van der Waals surface area contributed by atoms with Crippen molar-refractivity contribution in [2.45, 2.75) is 18.7 Å². The smallest absolute Gasteiger partial charge is 0.240 e.